The molecule has 1 atom stereocenters. The van der Waals surface area contributed by atoms with E-state index < -0.39 is 22.9 Å². The molecule has 2 fully saturated rings. The molecule has 2 aliphatic rings. The minimum absolute atomic E-state index is 0.243. The highest BCUT2D eigenvalue weighted by Crippen LogP contribution is 2.38. The fourth-order valence-electron chi connectivity index (χ4n) is 3.72. The summed E-state index contributed by atoms with van der Waals surface area (Å²) < 4.78 is 30.6. The Bertz CT molecular complexity index is 963. The van der Waals surface area contributed by atoms with Crippen molar-refractivity contribution in [3.8, 4) is 16.9 Å². The Labute approximate surface area is 171 Å². The first-order valence-electron chi connectivity index (χ1n) is 9.48. The molecule has 0 aromatic heterocycles. The van der Waals surface area contributed by atoms with Gasteiger partial charge in [-0.15, -0.1) is 0 Å². The SMILES string of the molecule is CN1CCC(Nc2cccc(-c3ccc(O)c(N4CC(=O)NS4=O)c3F)c2)CC1. The minimum Gasteiger partial charge on any atom is -0.506 e. The fourth-order valence-corrected chi connectivity index (χ4v) is 4.66. The van der Waals surface area contributed by atoms with Crippen LogP contribution in [0.15, 0.2) is 36.4 Å². The van der Waals surface area contributed by atoms with E-state index in [0.717, 1.165) is 35.9 Å². The molecule has 1 unspecified atom stereocenters. The monoisotopic (exact) mass is 418 g/mol. The van der Waals surface area contributed by atoms with Crippen molar-refractivity contribution in [2.45, 2.75) is 18.9 Å². The van der Waals surface area contributed by atoms with E-state index in [9.17, 15) is 14.1 Å². The highest BCUT2D eigenvalue weighted by Gasteiger charge is 2.32. The Hall–Kier alpha value is -2.65. The number of rotatable bonds is 4. The Balaban J connectivity index is 1.63. The normalized spacial score (nSPS) is 20.7. The first-order chi connectivity index (χ1) is 13.9. The van der Waals surface area contributed by atoms with Crippen LogP contribution in [-0.4, -0.2) is 52.8 Å². The number of anilines is 2. The standard InChI is InChI=1S/C20H23FN4O3S/c1-24-9-7-14(8-10-24)22-15-4-2-3-13(11-15)16-5-6-17(26)20(19(16)21)25-12-18(27)23-29(25)28/h2-6,11,14,22,26H,7-10,12H2,1H3,(H,23,27). The molecule has 3 N–H and O–H groups in total. The minimum atomic E-state index is -1.92. The number of likely N-dealkylation sites (tertiary alicyclic amines) is 1. The van der Waals surface area contributed by atoms with Gasteiger partial charge in [0.15, 0.2) is 5.82 Å². The van der Waals surface area contributed by atoms with Crippen molar-refractivity contribution in [1.82, 2.24) is 9.62 Å². The highest BCUT2D eigenvalue weighted by molar-refractivity contribution is 7.85. The predicted octanol–water partition coefficient (Wildman–Crippen LogP) is 2.22. The second-order valence-electron chi connectivity index (χ2n) is 7.41. The Morgan fingerprint density at radius 1 is 1.24 bits per heavy atom. The van der Waals surface area contributed by atoms with Crippen molar-refractivity contribution < 1.29 is 18.5 Å². The van der Waals surface area contributed by atoms with E-state index in [1.54, 1.807) is 6.07 Å². The summed E-state index contributed by atoms with van der Waals surface area (Å²) in [5.74, 6) is -1.57. The van der Waals surface area contributed by atoms with Crippen LogP contribution in [0.4, 0.5) is 15.8 Å². The molecule has 1 amide bonds. The van der Waals surface area contributed by atoms with Crippen LogP contribution >= 0.6 is 0 Å². The van der Waals surface area contributed by atoms with Gasteiger partial charge in [0.1, 0.15) is 18.0 Å². The number of aromatic hydroxyl groups is 1. The number of nitrogens with one attached hydrogen (secondary N) is 2. The topological polar surface area (TPSA) is 84.9 Å². The number of piperidine rings is 1. The van der Waals surface area contributed by atoms with Crippen molar-refractivity contribution in [2.75, 3.05) is 36.3 Å². The van der Waals surface area contributed by atoms with Gasteiger partial charge in [0, 0.05) is 17.3 Å². The molecule has 0 saturated carbocycles. The predicted molar refractivity (Wildman–Crippen MR) is 111 cm³/mol. The third kappa shape index (κ3) is 4.06. The van der Waals surface area contributed by atoms with Crippen LogP contribution in [0.5, 0.6) is 5.75 Å². The maximum atomic E-state index is 15.3. The Morgan fingerprint density at radius 3 is 2.69 bits per heavy atom. The Kier molecular flexibility index (Phi) is 5.42. The van der Waals surface area contributed by atoms with Gasteiger partial charge in [-0.2, -0.15) is 0 Å². The molecule has 29 heavy (non-hydrogen) atoms. The van der Waals surface area contributed by atoms with Crippen LogP contribution in [-0.2, 0) is 16.0 Å². The highest BCUT2D eigenvalue weighted by atomic mass is 32.2. The van der Waals surface area contributed by atoms with Crippen molar-refractivity contribution in [3.05, 3.63) is 42.2 Å². The molecule has 0 spiro atoms. The van der Waals surface area contributed by atoms with E-state index in [1.807, 2.05) is 18.2 Å². The molecule has 2 heterocycles. The fraction of sp³-hybridized carbons (Fsp3) is 0.350. The molecular formula is C20H23FN4O3S. The number of nitrogens with zero attached hydrogens (tertiary/aromatic N) is 2. The number of carbonyl (C=O) groups is 1. The number of hydrogen-bond donors (Lipinski definition) is 3. The van der Waals surface area contributed by atoms with E-state index >= 15 is 4.39 Å². The summed E-state index contributed by atoms with van der Waals surface area (Å²) in [6, 6.07) is 10.6. The number of halogens is 1. The average molecular weight is 418 g/mol. The maximum Gasteiger partial charge on any atom is 0.253 e. The smallest absolute Gasteiger partial charge is 0.253 e. The van der Waals surface area contributed by atoms with Gasteiger partial charge in [-0.05, 0) is 62.8 Å². The van der Waals surface area contributed by atoms with Crippen molar-refractivity contribution in [3.63, 3.8) is 0 Å². The average Bonchev–Trinajstić information content (AvgIpc) is 3.02. The summed E-state index contributed by atoms with van der Waals surface area (Å²) in [4.78, 5) is 13.8. The molecule has 0 radical (unpaired) electrons. The molecule has 2 saturated heterocycles. The lowest BCUT2D eigenvalue weighted by molar-refractivity contribution is -0.117. The number of phenols is 1. The number of phenolic OH excluding ortho intramolecular Hbond substituents is 1. The molecule has 7 nitrogen and oxygen atoms in total. The lowest BCUT2D eigenvalue weighted by Crippen LogP contribution is -2.36. The van der Waals surface area contributed by atoms with E-state index in [0.29, 0.717) is 11.6 Å². The molecule has 0 bridgehead atoms. The zero-order valence-corrected chi connectivity index (χ0v) is 16.8. The van der Waals surface area contributed by atoms with Crippen molar-refractivity contribution >= 4 is 28.5 Å². The van der Waals surface area contributed by atoms with E-state index in [-0.39, 0.29) is 23.5 Å². The third-order valence-electron chi connectivity index (χ3n) is 5.30. The first-order valence-corrected chi connectivity index (χ1v) is 10.6. The summed E-state index contributed by atoms with van der Waals surface area (Å²) >= 11 is -1.92. The molecule has 154 valence electrons. The van der Waals surface area contributed by atoms with Crippen LogP contribution in [0.1, 0.15) is 12.8 Å². The molecule has 9 heteroatoms. The summed E-state index contributed by atoms with van der Waals surface area (Å²) in [7, 11) is 2.11. The van der Waals surface area contributed by atoms with Crippen LogP contribution in [0.25, 0.3) is 11.1 Å². The van der Waals surface area contributed by atoms with E-state index in [2.05, 4.69) is 22.0 Å². The largest absolute Gasteiger partial charge is 0.506 e. The third-order valence-corrected chi connectivity index (χ3v) is 6.41. The molecule has 2 aromatic rings. The maximum absolute atomic E-state index is 15.3. The number of benzene rings is 2. The molecule has 2 aromatic carbocycles. The molecule has 2 aliphatic heterocycles. The lowest BCUT2D eigenvalue weighted by atomic mass is 10.0. The van der Waals surface area contributed by atoms with Gasteiger partial charge in [0.25, 0.3) is 5.91 Å². The van der Waals surface area contributed by atoms with Gasteiger partial charge in [-0.1, -0.05) is 12.1 Å². The van der Waals surface area contributed by atoms with Gasteiger partial charge in [0.2, 0.25) is 11.2 Å². The van der Waals surface area contributed by atoms with E-state index in [4.69, 9.17) is 0 Å². The zero-order chi connectivity index (χ0) is 20.5. The van der Waals surface area contributed by atoms with Gasteiger partial charge in [0.05, 0.1) is 0 Å². The van der Waals surface area contributed by atoms with Crippen LogP contribution in [0.2, 0.25) is 0 Å². The first kappa shape index (κ1) is 19.7. The summed E-state index contributed by atoms with van der Waals surface area (Å²) in [5.41, 5.74) is 1.55. The number of hydrogen-bond acceptors (Lipinski definition) is 5. The van der Waals surface area contributed by atoms with Gasteiger partial charge in [-0.25, -0.2) is 8.60 Å². The van der Waals surface area contributed by atoms with Crippen molar-refractivity contribution in [1.29, 1.82) is 0 Å². The van der Waals surface area contributed by atoms with Gasteiger partial charge < -0.3 is 15.3 Å². The lowest BCUT2D eigenvalue weighted by Gasteiger charge is -2.30. The molecule has 4 rings (SSSR count). The molecular weight excluding hydrogens is 395 g/mol. The second kappa shape index (κ2) is 8.00. The number of carbonyl (C=O) groups excluding carboxylic acids is 1. The van der Waals surface area contributed by atoms with Crippen LogP contribution in [0, 0.1) is 5.82 Å². The van der Waals surface area contributed by atoms with Crippen LogP contribution < -0.4 is 14.3 Å². The Morgan fingerprint density at radius 2 is 2.00 bits per heavy atom. The summed E-state index contributed by atoms with van der Waals surface area (Å²) in [6.45, 7) is 1.79. The summed E-state index contributed by atoms with van der Waals surface area (Å²) in [5, 5.41) is 13.7. The zero-order valence-electron chi connectivity index (χ0n) is 16.0. The molecule has 0 aliphatic carbocycles. The second-order valence-corrected chi connectivity index (χ2v) is 8.55. The van der Waals surface area contributed by atoms with Crippen molar-refractivity contribution in [2.24, 2.45) is 0 Å². The number of amides is 1. The van der Waals surface area contributed by atoms with E-state index in [1.165, 1.54) is 12.1 Å². The summed E-state index contributed by atoms with van der Waals surface area (Å²) in [6.07, 6.45) is 2.08. The quantitative estimate of drug-likeness (QED) is 0.709. The van der Waals surface area contributed by atoms with Gasteiger partial charge in [-0.3, -0.25) is 13.8 Å². The van der Waals surface area contributed by atoms with Gasteiger partial charge >= 0.3 is 0 Å². The van der Waals surface area contributed by atoms with Crippen LogP contribution in [0.3, 0.4) is 0 Å².